The number of hydrogen-bond donors (Lipinski definition) is 2. The van der Waals surface area contributed by atoms with Gasteiger partial charge in [-0.1, -0.05) is 25.0 Å². The molecule has 1 heterocycles. The SMILES string of the molecule is O=C(Cn1c(C(F)(F)F)nc2ccccc21)NC1(C(=O)O)CCCC1. The molecule has 3 rings (SSSR count). The van der Waals surface area contributed by atoms with Gasteiger partial charge >= 0.3 is 12.1 Å². The number of benzene rings is 1. The molecule has 0 unspecified atom stereocenters. The fraction of sp³-hybridized carbons (Fsp3) is 0.438. The third-order valence-electron chi connectivity index (χ3n) is 4.46. The monoisotopic (exact) mass is 355 g/mol. The predicted molar refractivity (Wildman–Crippen MR) is 81.7 cm³/mol. The number of amides is 1. The molecule has 1 aromatic carbocycles. The average molecular weight is 355 g/mol. The fourth-order valence-electron chi connectivity index (χ4n) is 3.27. The molecular weight excluding hydrogens is 339 g/mol. The molecule has 6 nitrogen and oxygen atoms in total. The third kappa shape index (κ3) is 3.18. The van der Waals surface area contributed by atoms with E-state index < -0.39 is 36.0 Å². The van der Waals surface area contributed by atoms with E-state index in [1.807, 2.05) is 0 Å². The van der Waals surface area contributed by atoms with E-state index in [1.165, 1.54) is 12.1 Å². The number of fused-ring (bicyclic) bond motifs is 1. The molecule has 0 spiro atoms. The third-order valence-corrected chi connectivity index (χ3v) is 4.46. The van der Waals surface area contributed by atoms with Crippen molar-refractivity contribution >= 4 is 22.9 Å². The maximum absolute atomic E-state index is 13.2. The molecule has 25 heavy (non-hydrogen) atoms. The van der Waals surface area contributed by atoms with Crippen molar-refractivity contribution in [1.82, 2.24) is 14.9 Å². The Morgan fingerprint density at radius 3 is 2.48 bits per heavy atom. The molecule has 1 saturated carbocycles. The van der Waals surface area contributed by atoms with Crippen molar-refractivity contribution in [3.63, 3.8) is 0 Å². The molecule has 1 aliphatic carbocycles. The second kappa shape index (κ2) is 6.05. The van der Waals surface area contributed by atoms with E-state index in [4.69, 9.17) is 0 Å². The smallest absolute Gasteiger partial charge is 0.449 e. The van der Waals surface area contributed by atoms with E-state index in [9.17, 15) is 27.9 Å². The molecule has 0 radical (unpaired) electrons. The predicted octanol–water partition coefficient (Wildman–Crippen LogP) is 2.57. The van der Waals surface area contributed by atoms with E-state index >= 15 is 0 Å². The molecule has 0 atom stereocenters. The molecule has 1 fully saturated rings. The molecule has 1 aromatic heterocycles. The Kier molecular flexibility index (Phi) is 4.18. The van der Waals surface area contributed by atoms with Crippen molar-refractivity contribution in [2.45, 2.75) is 43.9 Å². The first-order valence-corrected chi connectivity index (χ1v) is 7.80. The van der Waals surface area contributed by atoms with Crippen LogP contribution >= 0.6 is 0 Å². The number of carboxylic acids is 1. The topological polar surface area (TPSA) is 84.2 Å². The zero-order chi connectivity index (χ0) is 18.2. The van der Waals surface area contributed by atoms with Gasteiger partial charge in [-0.05, 0) is 25.0 Å². The molecule has 0 bridgehead atoms. The zero-order valence-corrected chi connectivity index (χ0v) is 13.1. The van der Waals surface area contributed by atoms with Crippen LogP contribution in [-0.2, 0) is 22.3 Å². The van der Waals surface area contributed by atoms with Gasteiger partial charge in [-0.2, -0.15) is 13.2 Å². The van der Waals surface area contributed by atoms with E-state index in [1.54, 1.807) is 12.1 Å². The van der Waals surface area contributed by atoms with Crippen LogP contribution in [-0.4, -0.2) is 32.1 Å². The van der Waals surface area contributed by atoms with Gasteiger partial charge in [-0.15, -0.1) is 0 Å². The summed E-state index contributed by atoms with van der Waals surface area (Å²) >= 11 is 0. The quantitative estimate of drug-likeness (QED) is 0.883. The van der Waals surface area contributed by atoms with E-state index in [0.29, 0.717) is 12.8 Å². The summed E-state index contributed by atoms with van der Waals surface area (Å²) in [5.41, 5.74) is -1.11. The standard InChI is InChI=1S/C16H16F3N3O3/c17-16(18,19)13-20-10-5-1-2-6-11(10)22(13)9-12(23)21-15(14(24)25)7-3-4-8-15/h1-2,5-6H,3-4,7-9H2,(H,21,23)(H,24,25). The summed E-state index contributed by atoms with van der Waals surface area (Å²) in [6, 6.07) is 5.97. The largest absolute Gasteiger partial charge is 0.480 e. The number of nitrogens with zero attached hydrogens (tertiary/aromatic N) is 2. The Bertz CT molecular complexity index is 823. The first-order chi connectivity index (χ1) is 11.7. The maximum atomic E-state index is 13.2. The number of aliphatic carboxylic acids is 1. The van der Waals surface area contributed by atoms with Crippen molar-refractivity contribution in [2.24, 2.45) is 0 Å². The molecular formula is C16H16F3N3O3. The van der Waals surface area contributed by atoms with Gasteiger partial charge in [0.1, 0.15) is 12.1 Å². The van der Waals surface area contributed by atoms with Crippen molar-refractivity contribution in [2.75, 3.05) is 0 Å². The number of halogens is 3. The highest BCUT2D eigenvalue weighted by molar-refractivity contribution is 5.88. The maximum Gasteiger partial charge on any atom is 0.449 e. The number of carboxylic acid groups (broad SMARTS) is 1. The van der Waals surface area contributed by atoms with Crippen LogP contribution in [0.25, 0.3) is 11.0 Å². The van der Waals surface area contributed by atoms with Gasteiger partial charge in [0, 0.05) is 0 Å². The minimum absolute atomic E-state index is 0.122. The molecule has 1 amide bonds. The Balaban J connectivity index is 1.92. The van der Waals surface area contributed by atoms with Crippen LogP contribution in [0.4, 0.5) is 13.2 Å². The van der Waals surface area contributed by atoms with Crippen LogP contribution in [0.1, 0.15) is 31.5 Å². The number of hydrogen-bond acceptors (Lipinski definition) is 3. The Hall–Kier alpha value is -2.58. The van der Waals surface area contributed by atoms with Crippen LogP contribution < -0.4 is 5.32 Å². The summed E-state index contributed by atoms with van der Waals surface area (Å²) in [6.45, 7) is -0.648. The number of alkyl halides is 3. The van der Waals surface area contributed by atoms with Crippen molar-refractivity contribution in [3.8, 4) is 0 Å². The first-order valence-electron chi connectivity index (χ1n) is 7.80. The lowest BCUT2D eigenvalue weighted by molar-refractivity contribution is -0.150. The number of para-hydroxylation sites is 2. The van der Waals surface area contributed by atoms with Crippen LogP contribution in [0.15, 0.2) is 24.3 Å². The fourth-order valence-corrected chi connectivity index (χ4v) is 3.27. The molecule has 2 aromatic rings. The summed E-state index contributed by atoms with van der Waals surface area (Å²) in [5, 5.41) is 11.8. The van der Waals surface area contributed by atoms with Gasteiger partial charge < -0.3 is 15.0 Å². The highest BCUT2D eigenvalue weighted by Gasteiger charge is 2.43. The van der Waals surface area contributed by atoms with Crippen LogP contribution in [0, 0.1) is 0 Å². The normalized spacial score (nSPS) is 16.9. The summed E-state index contributed by atoms with van der Waals surface area (Å²) in [5.74, 6) is -3.12. The lowest BCUT2D eigenvalue weighted by Gasteiger charge is -2.25. The number of nitrogens with one attached hydrogen (secondary N) is 1. The minimum Gasteiger partial charge on any atom is -0.480 e. The summed E-state index contributed by atoms with van der Waals surface area (Å²) in [6.07, 6.45) is -2.89. The van der Waals surface area contributed by atoms with Crippen molar-refractivity contribution in [3.05, 3.63) is 30.1 Å². The average Bonchev–Trinajstić information content (AvgIpc) is 3.13. The lowest BCUT2D eigenvalue weighted by atomic mass is 9.98. The van der Waals surface area contributed by atoms with Crippen LogP contribution in [0.5, 0.6) is 0 Å². The highest BCUT2D eigenvalue weighted by Crippen LogP contribution is 2.32. The van der Waals surface area contributed by atoms with E-state index in [2.05, 4.69) is 10.3 Å². The van der Waals surface area contributed by atoms with Gasteiger partial charge in [0.2, 0.25) is 11.7 Å². The zero-order valence-electron chi connectivity index (χ0n) is 13.1. The second-order valence-corrected chi connectivity index (χ2v) is 6.15. The van der Waals surface area contributed by atoms with Gasteiger partial charge in [-0.3, -0.25) is 4.79 Å². The first kappa shape index (κ1) is 17.2. The number of rotatable bonds is 4. The van der Waals surface area contributed by atoms with Gasteiger partial charge in [0.05, 0.1) is 11.0 Å². The van der Waals surface area contributed by atoms with E-state index in [0.717, 1.165) is 4.57 Å². The number of carbonyl (C=O) groups excluding carboxylic acids is 1. The number of aromatic nitrogens is 2. The van der Waals surface area contributed by atoms with Crippen molar-refractivity contribution < 1.29 is 27.9 Å². The lowest BCUT2D eigenvalue weighted by Crippen LogP contribution is -2.53. The summed E-state index contributed by atoms with van der Waals surface area (Å²) in [7, 11) is 0. The van der Waals surface area contributed by atoms with E-state index in [-0.39, 0.29) is 23.9 Å². The summed E-state index contributed by atoms with van der Waals surface area (Å²) < 4.78 is 40.5. The number of carbonyl (C=O) groups is 2. The molecule has 1 aliphatic rings. The Labute approximate surface area is 140 Å². The van der Waals surface area contributed by atoms with Gasteiger partial charge in [0.25, 0.3) is 0 Å². The molecule has 134 valence electrons. The van der Waals surface area contributed by atoms with Crippen molar-refractivity contribution in [1.29, 1.82) is 0 Å². The van der Waals surface area contributed by atoms with Crippen LogP contribution in [0.3, 0.4) is 0 Å². The van der Waals surface area contributed by atoms with Gasteiger partial charge in [0.15, 0.2) is 0 Å². The summed E-state index contributed by atoms with van der Waals surface area (Å²) in [4.78, 5) is 27.4. The molecule has 9 heteroatoms. The molecule has 0 aliphatic heterocycles. The Morgan fingerprint density at radius 2 is 1.88 bits per heavy atom. The molecule has 2 N–H and O–H groups in total. The molecule has 0 saturated heterocycles. The second-order valence-electron chi connectivity index (χ2n) is 6.15. The minimum atomic E-state index is -4.73. The highest BCUT2D eigenvalue weighted by atomic mass is 19.4. The Morgan fingerprint density at radius 1 is 1.24 bits per heavy atom. The van der Waals surface area contributed by atoms with Gasteiger partial charge in [-0.25, -0.2) is 9.78 Å². The van der Waals surface area contributed by atoms with Crippen LogP contribution in [0.2, 0.25) is 0 Å². The number of imidazole rings is 1.